The van der Waals surface area contributed by atoms with E-state index in [0.29, 0.717) is 6.04 Å². The van der Waals surface area contributed by atoms with Crippen LogP contribution in [0.25, 0.3) is 10.9 Å². The number of fused-ring (bicyclic) bond motifs is 1. The van der Waals surface area contributed by atoms with Crippen molar-refractivity contribution >= 4 is 22.6 Å². The molecule has 0 radical (unpaired) electrons. The van der Waals surface area contributed by atoms with E-state index in [9.17, 15) is 4.79 Å². The number of carbonyl (C=O) groups excluding carboxylic acids is 1. The van der Waals surface area contributed by atoms with Gasteiger partial charge in [-0.3, -0.25) is 9.80 Å². The molecule has 2 aromatic carbocycles. The first kappa shape index (κ1) is 21.1. The fraction of sp³-hybridized carbons (Fsp3) is 0.444. The van der Waals surface area contributed by atoms with Crippen LogP contribution >= 0.6 is 0 Å². The van der Waals surface area contributed by atoms with Crippen LogP contribution in [0.2, 0.25) is 0 Å². The summed E-state index contributed by atoms with van der Waals surface area (Å²) in [6.45, 7) is 5.11. The third kappa shape index (κ3) is 3.22. The van der Waals surface area contributed by atoms with E-state index in [4.69, 9.17) is 0 Å². The Labute approximate surface area is 191 Å². The molecule has 2 heterocycles. The number of urea groups is 1. The number of aromatic nitrogens is 1. The summed E-state index contributed by atoms with van der Waals surface area (Å²) < 4.78 is 2.27. The quantitative estimate of drug-likeness (QED) is 0.592. The Balaban J connectivity index is 1.42. The molecule has 2 fully saturated rings. The molecule has 1 aromatic heterocycles. The van der Waals surface area contributed by atoms with Crippen molar-refractivity contribution in [2.75, 3.05) is 25.5 Å². The summed E-state index contributed by atoms with van der Waals surface area (Å²) >= 11 is 0. The first-order chi connectivity index (χ1) is 15.4. The van der Waals surface area contributed by atoms with Gasteiger partial charge in [0.05, 0.1) is 23.3 Å². The highest BCUT2D eigenvalue weighted by Gasteiger charge is 2.50. The van der Waals surface area contributed by atoms with Gasteiger partial charge >= 0.3 is 6.03 Å². The van der Waals surface area contributed by atoms with Gasteiger partial charge in [-0.05, 0) is 77.4 Å². The molecule has 0 atom stereocenters. The average molecular weight is 431 g/mol. The predicted octanol–water partition coefficient (Wildman–Crippen LogP) is 5.52. The Morgan fingerprint density at radius 2 is 1.66 bits per heavy atom. The van der Waals surface area contributed by atoms with E-state index < -0.39 is 0 Å². The fourth-order valence-corrected chi connectivity index (χ4v) is 5.93. The number of carbonyl (C=O) groups is 1. The maximum Gasteiger partial charge on any atom is 0.322 e. The third-order valence-electron chi connectivity index (χ3n) is 7.87. The first-order valence-corrected chi connectivity index (χ1v) is 11.8. The summed E-state index contributed by atoms with van der Waals surface area (Å²) in [4.78, 5) is 17.5. The Hall–Kier alpha value is -2.79. The van der Waals surface area contributed by atoms with Crippen LogP contribution in [0.4, 0.5) is 10.5 Å². The molecule has 1 spiro atoms. The molecule has 1 aliphatic heterocycles. The molecule has 5 heteroatoms. The molecule has 1 saturated heterocycles. The number of nitrogens with zero attached hydrogens (tertiary/aromatic N) is 3. The molecule has 32 heavy (non-hydrogen) atoms. The van der Waals surface area contributed by atoms with Crippen molar-refractivity contribution in [1.29, 1.82) is 0 Å². The smallest absolute Gasteiger partial charge is 0.322 e. The maximum absolute atomic E-state index is 13.2. The van der Waals surface area contributed by atoms with Gasteiger partial charge in [0, 0.05) is 23.2 Å². The van der Waals surface area contributed by atoms with Gasteiger partial charge in [-0.15, -0.1) is 0 Å². The minimum absolute atomic E-state index is 0.0269. The zero-order valence-corrected chi connectivity index (χ0v) is 19.6. The highest BCUT2D eigenvalue weighted by atomic mass is 16.2. The van der Waals surface area contributed by atoms with Gasteiger partial charge in [-0.25, -0.2) is 4.79 Å². The zero-order chi connectivity index (χ0) is 22.5. The molecule has 5 nitrogen and oxygen atoms in total. The molecule has 2 aliphatic rings. The minimum atomic E-state index is -0.159. The van der Waals surface area contributed by atoms with Crippen LogP contribution < -0.4 is 10.2 Å². The zero-order valence-electron chi connectivity index (χ0n) is 19.6. The summed E-state index contributed by atoms with van der Waals surface area (Å²) in [6, 6.07) is 19.7. The number of hydrogen-bond acceptors (Lipinski definition) is 2. The van der Waals surface area contributed by atoms with E-state index >= 15 is 0 Å². The van der Waals surface area contributed by atoms with Gasteiger partial charge in [-0.2, -0.15) is 0 Å². The van der Waals surface area contributed by atoms with E-state index in [1.165, 1.54) is 11.1 Å². The first-order valence-electron chi connectivity index (χ1n) is 11.8. The van der Waals surface area contributed by atoms with E-state index in [2.05, 4.69) is 104 Å². The van der Waals surface area contributed by atoms with Gasteiger partial charge in [-0.1, -0.05) is 36.4 Å². The van der Waals surface area contributed by atoms with E-state index in [0.717, 1.165) is 43.3 Å². The lowest BCUT2D eigenvalue weighted by Crippen LogP contribution is -2.54. The Bertz CT molecular complexity index is 1120. The summed E-state index contributed by atoms with van der Waals surface area (Å²) in [5, 5.41) is 4.55. The van der Waals surface area contributed by atoms with Crippen LogP contribution in [0.5, 0.6) is 0 Å². The number of anilines is 1. The van der Waals surface area contributed by atoms with Crippen LogP contribution in [-0.4, -0.2) is 41.7 Å². The maximum atomic E-state index is 13.2. The van der Waals surface area contributed by atoms with Crippen molar-refractivity contribution < 1.29 is 4.79 Å². The van der Waals surface area contributed by atoms with Gasteiger partial charge < -0.3 is 9.88 Å². The van der Waals surface area contributed by atoms with Crippen molar-refractivity contribution in [3.8, 4) is 0 Å². The highest BCUT2D eigenvalue weighted by Crippen LogP contribution is 2.46. The summed E-state index contributed by atoms with van der Waals surface area (Å²) in [6.07, 6.45) is 6.16. The van der Waals surface area contributed by atoms with Crippen LogP contribution in [-0.2, 0) is 5.54 Å². The number of hydrogen-bond donors (Lipinski definition) is 1. The normalized spacial score (nSPS) is 25.9. The second kappa shape index (κ2) is 7.66. The standard InChI is InChI=1S/C27H34N4O/c1-20(2)30-18-13-22-23(30)11-8-12-24(22)31-19-26(28-25(31)32)14-16-27(17-15-26,29(3)4)21-9-6-5-7-10-21/h5-13,18,20H,14-17,19H2,1-4H3,(H,28,32). The minimum Gasteiger partial charge on any atom is -0.345 e. The number of amides is 2. The molecule has 168 valence electrons. The van der Waals surface area contributed by atoms with Crippen molar-refractivity contribution in [1.82, 2.24) is 14.8 Å². The lowest BCUT2D eigenvalue weighted by atomic mass is 9.69. The van der Waals surface area contributed by atoms with E-state index in [-0.39, 0.29) is 17.1 Å². The van der Waals surface area contributed by atoms with Crippen LogP contribution in [0, 0.1) is 0 Å². The van der Waals surface area contributed by atoms with Crippen LogP contribution in [0.3, 0.4) is 0 Å². The summed E-state index contributed by atoms with van der Waals surface area (Å²) in [7, 11) is 4.37. The van der Waals surface area contributed by atoms with Crippen LogP contribution in [0.15, 0.2) is 60.8 Å². The van der Waals surface area contributed by atoms with Gasteiger partial charge in [0.15, 0.2) is 0 Å². The van der Waals surface area contributed by atoms with Crippen molar-refractivity contribution in [3.05, 3.63) is 66.4 Å². The number of rotatable bonds is 4. The van der Waals surface area contributed by atoms with E-state index in [1.54, 1.807) is 0 Å². The average Bonchev–Trinajstić information content (AvgIpc) is 3.36. The lowest BCUT2D eigenvalue weighted by molar-refractivity contribution is 0.0658. The number of benzene rings is 2. The molecular weight excluding hydrogens is 396 g/mol. The Morgan fingerprint density at radius 3 is 2.31 bits per heavy atom. The molecule has 5 rings (SSSR count). The van der Waals surface area contributed by atoms with Crippen molar-refractivity contribution in [2.24, 2.45) is 0 Å². The SMILES string of the molecule is CC(C)n1ccc2c(N3CC4(CCC(c5ccccc5)(N(C)C)CC4)NC3=O)cccc21. The summed E-state index contributed by atoms with van der Waals surface area (Å²) in [5.74, 6) is 0. The second-order valence-corrected chi connectivity index (χ2v) is 10.1. The second-order valence-electron chi connectivity index (χ2n) is 10.1. The monoisotopic (exact) mass is 430 g/mol. The van der Waals surface area contributed by atoms with Crippen LogP contribution in [0.1, 0.15) is 51.1 Å². The topological polar surface area (TPSA) is 40.5 Å². The van der Waals surface area contributed by atoms with Crippen molar-refractivity contribution in [3.63, 3.8) is 0 Å². The highest BCUT2D eigenvalue weighted by molar-refractivity contribution is 6.04. The van der Waals surface area contributed by atoms with E-state index in [1.807, 2.05) is 4.90 Å². The molecule has 1 aliphatic carbocycles. The molecule has 2 amide bonds. The summed E-state index contributed by atoms with van der Waals surface area (Å²) in [5.41, 5.74) is 3.45. The predicted molar refractivity (Wildman–Crippen MR) is 131 cm³/mol. The number of nitrogens with one attached hydrogen (secondary N) is 1. The Kier molecular flexibility index (Phi) is 5.05. The van der Waals surface area contributed by atoms with Gasteiger partial charge in [0.25, 0.3) is 0 Å². The molecule has 3 aromatic rings. The van der Waals surface area contributed by atoms with Gasteiger partial charge in [0.1, 0.15) is 0 Å². The fourth-order valence-electron chi connectivity index (χ4n) is 5.93. The molecular formula is C27H34N4O. The molecule has 0 bridgehead atoms. The molecule has 1 N–H and O–H groups in total. The lowest BCUT2D eigenvalue weighted by Gasteiger charge is -2.48. The third-order valence-corrected chi connectivity index (χ3v) is 7.87. The molecule has 0 unspecified atom stereocenters. The molecule has 1 saturated carbocycles. The van der Waals surface area contributed by atoms with Gasteiger partial charge in [0.2, 0.25) is 0 Å². The Morgan fingerprint density at radius 1 is 0.938 bits per heavy atom. The van der Waals surface area contributed by atoms with Crippen molar-refractivity contribution in [2.45, 2.75) is 56.7 Å². The largest absolute Gasteiger partial charge is 0.345 e.